The third-order valence-electron chi connectivity index (χ3n) is 6.20. The van der Waals surface area contributed by atoms with E-state index in [1.54, 1.807) is 48.7 Å². The summed E-state index contributed by atoms with van der Waals surface area (Å²) in [7, 11) is 0. The van der Waals surface area contributed by atoms with Gasteiger partial charge in [0.2, 0.25) is 5.91 Å². The molecule has 1 aliphatic rings. The van der Waals surface area contributed by atoms with Crippen LogP contribution in [0.2, 0.25) is 10.0 Å². The minimum absolute atomic E-state index is 0.0748. The maximum absolute atomic E-state index is 13.4. The number of carbonyl (C=O) groups excluding carboxylic acids is 3. The number of benzene rings is 2. The smallest absolute Gasteiger partial charge is 0.330 e. The van der Waals surface area contributed by atoms with E-state index in [4.69, 9.17) is 23.2 Å². The summed E-state index contributed by atoms with van der Waals surface area (Å²) in [6.45, 7) is 6.84. The lowest BCUT2D eigenvalue weighted by Crippen LogP contribution is -2.45. The molecule has 0 aliphatic carbocycles. The quantitative estimate of drug-likeness (QED) is 0.280. The number of halogens is 2. The lowest BCUT2D eigenvalue weighted by Gasteiger charge is -2.25. The summed E-state index contributed by atoms with van der Waals surface area (Å²) in [5, 5.41) is 7.41. The van der Waals surface area contributed by atoms with Crippen LogP contribution in [0, 0.1) is 0 Å². The summed E-state index contributed by atoms with van der Waals surface area (Å²) in [6, 6.07) is 10.1. The highest BCUT2D eigenvalue weighted by molar-refractivity contribution is 6.31. The zero-order chi connectivity index (χ0) is 25.8. The molecule has 3 N–H and O–H groups in total. The van der Waals surface area contributed by atoms with Gasteiger partial charge in [0.25, 0.3) is 5.91 Å². The molecular formula is C26H27Cl2N5O3. The Labute approximate surface area is 219 Å². The van der Waals surface area contributed by atoms with Crippen molar-refractivity contribution in [2.24, 2.45) is 0 Å². The number of fused-ring (bicyclic) bond motifs is 1. The van der Waals surface area contributed by atoms with Gasteiger partial charge < -0.3 is 20.5 Å². The van der Waals surface area contributed by atoms with Crippen molar-refractivity contribution in [3.8, 4) is 0 Å². The van der Waals surface area contributed by atoms with E-state index in [1.165, 1.54) is 0 Å². The van der Waals surface area contributed by atoms with Crippen molar-refractivity contribution in [2.45, 2.75) is 19.9 Å². The molecule has 4 rings (SSSR count). The summed E-state index contributed by atoms with van der Waals surface area (Å²) >= 11 is 12.1. The molecule has 3 aromatic rings. The van der Waals surface area contributed by atoms with E-state index in [0.29, 0.717) is 34.3 Å². The molecule has 1 unspecified atom stereocenters. The molecule has 2 heterocycles. The van der Waals surface area contributed by atoms with E-state index in [9.17, 15) is 14.4 Å². The average Bonchev–Trinajstić information content (AvgIpc) is 3.38. The Morgan fingerprint density at radius 2 is 1.78 bits per heavy atom. The molecule has 188 valence electrons. The molecule has 1 fully saturated rings. The van der Waals surface area contributed by atoms with E-state index in [-0.39, 0.29) is 5.70 Å². The normalized spacial score (nSPS) is 15.7. The first kappa shape index (κ1) is 25.8. The predicted octanol–water partition coefficient (Wildman–Crippen LogP) is 4.57. The molecule has 0 radical (unpaired) electrons. The second-order valence-electron chi connectivity index (χ2n) is 8.37. The fourth-order valence-corrected chi connectivity index (χ4v) is 4.51. The lowest BCUT2D eigenvalue weighted by molar-refractivity contribution is -0.133. The summed E-state index contributed by atoms with van der Waals surface area (Å²) in [5.41, 5.74) is 2.06. The van der Waals surface area contributed by atoms with Gasteiger partial charge in [-0.05, 0) is 49.0 Å². The summed E-state index contributed by atoms with van der Waals surface area (Å²) < 4.78 is 0. The van der Waals surface area contributed by atoms with E-state index < -0.39 is 23.9 Å². The highest BCUT2D eigenvalue weighted by atomic mass is 35.5. The minimum Gasteiger partial charge on any atom is -0.361 e. The number of carbonyl (C=O) groups is 3. The third-order valence-corrected chi connectivity index (χ3v) is 6.69. The number of nitrogens with one attached hydrogen (secondary N) is 3. The van der Waals surface area contributed by atoms with Gasteiger partial charge in [-0.25, -0.2) is 9.69 Å². The maximum Gasteiger partial charge on any atom is 0.330 e. The number of imide groups is 1. The van der Waals surface area contributed by atoms with Crippen LogP contribution in [0.25, 0.3) is 17.0 Å². The van der Waals surface area contributed by atoms with Gasteiger partial charge >= 0.3 is 6.03 Å². The molecule has 0 spiro atoms. The number of rotatable bonds is 9. The van der Waals surface area contributed by atoms with Crippen LogP contribution in [-0.4, -0.2) is 58.8 Å². The summed E-state index contributed by atoms with van der Waals surface area (Å²) in [4.78, 5) is 46.0. The van der Waals surface area contributed by atoms with Crippen LogP contribution in [0.4, 0.5) is 4.79 Å². The van der Waals surface area contributed by atoms with E-state index >= 15 is 0 Å². The molecule has 8 nitrogen and oxygen atoms in total. The van der Waals surface area contributed by atoms with Gasteiger partial charge in [-0.1, -0.05) is 55.2 Å². The van der Waals surface area contributed by atoms with Crippen molar-refractivity contribution in [1.29, 1.82) is 0 Å². The average molecular weight is 528 g/mol. The van der Waals surface area contributed by atoms with Gasteiger partial charge in [0.15, 0.2) is 0 Å². The molecule has 10 heteroatoms. The van der Waals surface area contributed by atoms with Crippen LogP contribution < -0.4 is 10.6 Å². The van der Waals surface area contributed by atoms with Crippen molar-refractivity contribution in [3.05, 3.63) is 75.5 Å². The van der Waals surface area contributed by atoms with E-state index in [1.807, 2.05) is 19.9 Å². The van der Waals surface area contributed by atoms with Gasteiger partial charge in [0.05, 0.1) is 0 Å². The third kappa shape index (κ3) is 5.41. The van der Waals surface area contributed by atoms with Crippen LogP contribution in [0.15, 0.2) is 54.4 Å². The van der Waals surface area contributed by atoms with Crippen LogP contribution in [0.3, 0.4) is 0 Å². The first-order chi connectivity index (χ1) is 17.3. The molecule has 0 saturated carbocycles. The highest BCUT2D eigenvalue weighted by Crippen LogP contribution is 2.29. The van der Waals surface area contributed by atoms with Crippen LogP contribution in [-0.2, 0) is 9.59 Å². The predicted molar refractivity (Wildman–Crippen MR) is 142 cm³/mol. The second kappa shape index (κ2) is 11.2. The Kier molecular flexibility index (Phi) is 7.98. The standard InChI is InChI=1S/C26H27Cl2N5O3/c1-3-32(4-2)12-11-29-24(34)23(16-5-7-18(27)8-6-16)33-25(35)22(31-26(33)36)13-17-15-30-21-14-19(28)9-10-20(17)21/h5-10,13-15,23,30H,3-4,11-12H2,1-2H3,(H,29,34)(H,31,36). The van der Waals surface area contributed by atoms with Gasteiger partial charge in [0, 0.05) is 45.8 Å². The topological polar surface area (TPSA) is 97.5 Å². The Bertz CT molecular complexity index is 1310. The first-order valence-electron chi connectivity index (χ1n) is 11.7. The molecule has 1 aliphatic heterocycles. The number of amides is 4. The van der Waals surface area contributed by atoms with Crippen LogP contribution in [0.5, 0.6) is 0 Å². The molecule has 4 amide bonds. The zero-order valence-electron chi connectivity index (χ0n) is 20.0. The van der Waals surface area contributed by atoms with Crippen molar-refractivity contribution < 1.29 is 14.4 Å². The van der Waals surface area contributed by atoms with E-state index in [0.717, 1.165) is 28.9 Å². The molecule has 36 heavy (non-hydrogen) atoms. The van der Waals surface area contributed by atoms with Crippen molar-refractivity contribution in [3.63, 3.8) is 0 Å². The fourth-order valence-electron chi connectivity index (χ4n) is 4.22. The summed E-state index contributed by atoms with van der Waals surface area (Å²) in [5.74, 6) is -1.04. The monoisotopic (exact) mass is 527 g/mol. The number of urea groups is 1. The Hall–Kier alpha value is -3.33. The Morgan fingerprint density at radius 3 is 2.47 bits per heavy atom. The number of aromatic nitrogens is 1. The van der Waals surface area contributed by atoms with Crippen molar-refractivity contribution >= 4 is 58.0 Å². The minimum atomic E-state index is -1.15. The second-order valence-corrected chi connectivity index (χ2v) is 9.24. The first-order valence-corrected chi connectivity index (χ1v) is 12.5. The highest BCUT2D eigenvalue weighted by Gasteiger charge is 2.42. The summed E-state index contributed by atoms with van der Waals surface area (Å²) in [6.07, 6.45) is 3.32. The number of hydrogen-bond donors (Lipinski definition) is 3. The molecular weight excluding hydrogens is 501 g/mol. The van der Waals surface area contributed by atoms with Gasteiger partial charge in [-0.2, -0.15) is 0 Å². The largest absolute Gasteiger partial charge is 0.361 e. The van der Waals surface area contributed by atoms with Crippen molar-refractivity contribution in [1.82, 2.24) is 25.4 Å². The molecule has 2 aromatic carbocycles. The van der Waals surface area contributed by atoms with Crippen LogP contribution in [0.1, 0.15) is 31.0 Å². The van der Waals surface area contributed by atoms with Gasteiger partial charge in [-0.3, -0.25) is 9.59 Å². The van der Waals surface area contributed by atoms with E-state index in [2.05, 4.69) is 20.5 Å². The lowest BCUT2D eigenvalue weighted by atomic mass is 10.0. The number of H-pyrrole nitrogens is 1. The molecule has 1 saturated heterocycles. The number of likely N-dealkylation sites (N-methyl/N-ethyl adjacent to an activating group) is 1. The zero-order valence-corrected chi connectivity index (χ0v) is 21.5. The Balaban J connectivity index is 1.62. The van der Waals surface area contributed by atoms with Crippen molar-refractivity contribution in [2.75, 3.05) is 26.2 Å². The molecule has 0 bridgehead atoms. The van der Waals surface area contributed by atoms with Gasteiger partial charge in [0.1, 0.15) is 11.7 Å². The maximum atomic E-state index is 13.4. The van der Waals surface area contributed by atoms with Crippen LogP contribution >= 0.6 is 23.2 Å². The van der Waals surface area contributed by atoms with Gasteiger partial charge in [-0.15, -0.1) is 0 Å². The molecule has 1 atom stereocenters. The number of nitrogens with zero attached hydrogens (tertiary/aromatic N) is 2. The number of hydrogen-bond acceptors (Lipinski definition) is 4. The molecule has 1 aromatic heterocycles. The SMILES string of the molecule is CCN(CC)CCNC(=O)C(c1ccc(Cl)cc1)N1C(=O)NC(=Cc2c[nH]c3cc(Cl)ccc23)C1=O. The fraction of sp³-hybridized carbons (Fsp3) is 0.269. The Morgan fingerprint density at radius 1 is 1.08 bits per heavy atom. The number of aromatic amines is 1.